The number of piperidine rings is 1. The van der Waals surface area contributed by atoms with E-state index in [1.165, 1.54) is 18.2 Å². The van der Waals surface area contributed by atoms with Crippen molar-refractivity contribution < 1.29 is 13.9 Å². The number of carbonyl (C=O) groups excluding carboxylic acids is 1. The molecule has 6 heteroatoms. The molecule has 2 saturated heterocycles. The Morgan fingerprint density at radius 3 is 2.78 bits per heavy atom. The van der Waals surface area contributed by atoms with Gasteiger partial charge in [0.05, 0.1) is 17.2 Å². The predicted octanol–water partition coefficient (Wildman–Crippen LogP) is 2.71. The van der Waals surface area contributed by atoms with Crippen molar-refractivity contribution in [1.29, 1.82) is 0 Å². The van der Waals surface area contributed by atoms with Crippen LogP contribution in [0.25, 0.3) is 0 Å². The van der Waals surface area contributed by atoms with Crippen molar-refractivity contribution in [3.8, 4) is 0 Å². The fourth-order valence-electron chi connectivity index (χ4n) is 3.34. The van der Waals surface area contributed by atoms with Gasteiger partial charge >= 0.3 is 0 Å². The molecule has 0 spiro atoms. The van der Waals surface area contributed by atoms with Crippen LogP contribution in [0, 0.1) is 11.7 Å². The first kappa shape index (κ1) is 16.7. The van der Waals surface area contributed by atoms with E-state index < -0.39 is 5.82 Å². The Morgan fingerprint density at radius 1 is 1.35 bits per heavy atom. The van der Waals surface area contributed by atoms with E-state index in [2.05, 4.69) is 10.2 Å². The van der Waals surface area contributed by atoms with Crippen molar-refractivity contribution in [2.24, 2.45) is 5.92 Å². The third-order valence-electron chi connectivity index (χ3n) is 4.80. The van der Waals surface area contributed by atoms with Crippen LogP contribution in [0.15, 0.2) is 18.2 Å². The van der Waals surface area contributed by atoms with Gasteiger partial charge in [0.1, 0.15) is 5.82 Å². The second-order valence-corrected chi connectivity index (χ2v) is 6.74. The number of benzene rings is 1. The summed E-state index contributed by atoms with van der Waals surface area (Å²) in [5.41, 5.74) is 0.327. The maximum absolute atomic E-state index is 13.0. The minimum Gasteiger partial charge on any atom is -0.380 e. The summed E-state index contributed by atoms with van der Waals surface area (Å²) >= 11 is 5.92. The third-order valence-corrected chi connectivity index (χ3v) is 5.11. The lowest BCUT2D eigenvalue weighted by Crippen LogP contribution is -2.44. The normalized spacial score (nSPS) is 23.1. The van der Waals surface area contributed by atoms with E-state index in [1.54, 1.807) is 0 Å². The van der Waals surface area contributed by atoms with Gasteiger partial charge < -0.3 is 10.1 Å². The van der Waals surface area contributed by atoms with Crippen molar-refractivity contribution in [3.05, 3.63) is 34.6 Å². The molecule has 3 rings (SSSR count). The topological polar surface area (TPSA) is 41.6 Å². The average molecular weight is 341 g/mol. The minimum atomic E-state index is -0.435. The Kier molecular flexibility index (Phi) is 5.51. The first-order valence-electron chi connectivity index (χ1n) is 8.18. The Bertz CT molecular complexity index is 556. The second-order valence-electron chi connectivity index (χ2n) is 6.33. The first-order valence-corrected chi connectivity index (χ1v) is 8.56. The van der Waals surface area contributed by atoms with E-state index in [9.17, 15) is 9.18 Å². The number of carbonyl (C=O) groups is 1. The number of amides is 1. The highest BCUT2D eigenvalue weighted by molar-refractivity contribution is 6.33. The first-order chi connectivity index (χ1) is 11.1. The number of hydrogen-bond acceptors (Lipinski definition) is 3. The molecule has 2 fully saturated rings. The molecule has 0 aliphatic carbocycles. The maximum Gasteiger partial charge on any atom is 0.252 e. The summed E-state index contributed by atoms with van der Waals surface area (Å²) in [6, 6.07) is 4.42. The molecule has 2 heterocycles. The molecule has 0 saturated carbocycles. The minimum absolute atomic E-state index is 0.151. The van der Waals surface area contributed by atoms with Crippen LogP contribution >= 0.6 is 11.6 Å². The van der Waals surface area contributed by atoms with Crippen molar-refractivity contribution >= 4 is 17.5 Å². The summed E-state index contributed by atoms with van der Waals surface area (Å²) in [5, 5.41) is 3.08. The van der Waals surface area contributed by atoms with Crippen LogP contribution < -0.4 is 5.32 Å². The number of rotatable bonds is 4. The number of halogens is 2. The molecule has 126 valence electrons. The smallest absolute Gasteiger partial charge is 0.252 e. The maximum atomic E-state index is 13.0. The van der Waals surface area contributed by atoms with Gasteiger partial charge in [0, 0.05) is 19.2 Å². The van der Waals surface area contributed by atoms with Crippen LogP contribution in [0.2, 0.25) is 5.02 Å². The largest absolute Gasteiger partial charge is 0.380 e. The molecule has 2 aliphatic heterocycles. The number of likely N-dealkylation sites (tertiary alicyclic amines) is 1. The molecule has 0 radical (unpaired) electrons. The van der Waals surface area contributed by atoms with E-state index in [1.807, 2.05) is 0 Å². The van der Waals surface area contributed by atoms with Crippen LogP contribution in [0.1, 0.15) is 29.6 Å². The molecule has 0 aromatic heterocycles. The summed E-state index contributed by atoms with van der Waals surface area (Å²) in [6.45, 7) is 4.49. The van der Waals surface area contributed by atoms with E-state index in [0.717, 1.165) is 45.6 Å². The fourth-order valence-corrected chi connectivity index (χ4v) is 3.59. The van der Waals surface area contributed by atoms with E-state index in [4.69, 9.17) is 16.3 Å². The van der Waals surface area contributed by atoms with Gasteiger partial charge in [-0.2, -0.15) is 0 Å². The van der Waals surface area contributed by atoms with Gasteiger partial charge in [-0.1, -0.05) is 11.6 Å². The van der Waals surface area contributed by atoms with Crippen molar-refractivity contribution in [3.63, 3.8) is 0 Å². The van der Waals surface area contributed by atoms with Crippen molar-refractivity contribution in [2.45, 2.75) is 25.3 Å². The van der Waals surface area contributed by atoms with Crippen LogP contribution in [0.5, 0.6) is 0 Å². The van der Waals surface area contributed by atoms with E-state index >= 15 is 0 Å². The number of nitrogens with zero attached hydrogens (tertiary/aromatic N) is 1. The van der Waals surface area contributed by atoms with E-state index in [-0.39, 0.29) is 10.9 Å². The Hall–Kier alpha value is -1.17. The number of hydrogen-bond donors (Lipinski definition) is 1. The van der Waals surface area contributed by atoms with Crippen LogP contribution in [0.3, 0.4) is 0 Å². The zero-order chi connectivity index (χ0) is 16.2. The van der Waals surface area contributed by atoms with Gasteiger partial charge in [0.25, 0.3) is 5.91 Å². The number of ether oxygens (including phenoxy) is 1. The summed E-state index contributed by atoms with van der Waals surface area (Å²) in [7, 11) is 0. The average Bonchev–Trinajstić information content (AvgIpc) is 3.07. The fraction of sp³-hybridized carbons (Fsp3) is 0.588. The summed E-state index contributed by atoms with van der Waals surface area (Å²) in [6.07, 6.45) is 3.28. The molecular weight excluding hydrogens is 319 g/mol. The summed E-state index contributed by atoms with van der Waals surface area (Å²) in [4.78, 5) is 14.7. The lowest BCUT2D eigenvalue weighted by Gasteiger charge is -2.35. The predicted molar refractivity (Wildman–Crippen MR) is 87.3 cm³/mol. The van der Waals surface area contributed by atoms with Crippen LogP contribution in [0.4, 0.5) is 4.39 Å². The molecular formula is C17H22ClFN2O2. The Labute approximate surface area is 140 Å². The molecule has 2 aliphatic rings. The van der Waals surface area contributed by atoms with Gasteiger partial charge in [-0.05, 0) is 56.5 Å². The number of nitrogens with one attached hydrogen (secondary N) is 1. The van der Waals surface area contributed by atoms with E-state index in [0.29, 0.717) is 24.1 Å². The Morgan fingerprint density at radius 2 is 2.13 bits per heavy atom. The molecule has 1 amide bonds. The molecule has 1 aromatic carbocycles. The van der Waals surface area contributed by atoms with Gasteiger partial charge in [-0.25, -0.2) is 4.39 Å². The molecule has 1 aromatic rings. The summed E-state index contributed by atoms with van der Waals surface area (Å²) in [5.74, 6) is -0.187. The molecule has 23 heavy (non-hydrogen) atoms. The monoisotopic (exact) mass is 340 g/mol. The van der Waals surface area contributed by atoms with Crippen molar-refractivity contribution in [1.82, 2.24) is 10.2 Å². The summed E-state index contributed by atoms with van der Waals surface area (Å²) < 4.78 is 18.5. The highest BCUT2D eigenvalue weighted by atomic mass is 35.5. The van der Waals surface area contributed by atoms with Crippen LogP contribution in [-0.2, 0) is 4.74 Å². The SMILES string of the molecule is O=C(NCC1CCN([C@H]2CCOC2)CC1)c1ccc(F)cc1Cl. The van der Waals surface area contributed by atoms with Gasteiger partial charge in [-0.3, -0.25) is 9.69 Å². The zero-order valence-electron chi connectivity index (χ0n) is 13.1. The zero-order valence-corrected chi connectivity index (χ0v) is 13.8. The lowest BCUT2D eigenvalue weighted by molar-refractivity contribution is 0.0911. The lowest BCUT2D eigenvalue weighted by atomic mass is 9.95. The molecule has 0 bridgehead atoms. The second kappa shape index (κ2) is 7.60. The quantitative estimate of drug-likeness (QED) is 0.916. The van der Waals surface area contributed by atoms with Crippen LogP contribution in [-0.4, -0.2) is 49.7 Å². The van der Waals surface area contributed by atoms with Gasteiger partial charge in [-0.15, -0.1) is 0 Å². The molecule has 1 N–H and O–H groups in total. The Balaban J connectivity index is 1.45. The molecule has 4 nitrogen and oxygen atoms in total. The van der Waals surface area contributed by atoms with Crippen molar-refractivity contribution in [2.75, 3.05) is 32.8 Å². The van der Waals surface area contributed by atoms with Gasteiger partial charge in [0.15, 0.2) is 0 Å². The molecule has 0 unspecified atom stereocenters. The standard InChI is InChI=1S/C17H22ClFN2O2/c18-16-9-13(19)1-2-15(16)17(22)20-10-12-3-6-21(7-4-12)14-5-8-23-11-14/h1-2,9,12,14H,3-8,10-11H2,(H,20,22)/t14-/m0/s1. The third kappa shape index (κ3) is 4.22. The highest BCUT2D eigenvalue weighted by Crippen LogP contribution is 2.22. The highest BCUT2D eigenvalue weighted by Gasteiger charge is 2.27. The molecule has 1 atom stereocenters. The van der Waals surface area contributed by atoms with Gasteiger partial charge in [0.2, 0.25) is 0 Å².